The van der Waals surface area contributed by atoms with Crippen LogP contribution in [0.15, 0.2) is 65.8 Å². The van der Waals surface area contributed by atoms with Gasteiger partial charge in [0.25, 0.3) is 5.91 Å². The lowest BCUT2D eigenvalue weighted by Gasteiger charge is -2.08. The van der Waals surface area contributed by atoms with Crippen LogP contribution in [0.5, 0.6) is 5.75 Å². The van der Waals surface area contributed by atoms with Crippen molar-refractivity contribution in [3.05, 3.63) is 87.6 Å². The standard InChI is InChI=1S/C18H14ClN3O3/c19-14-4-2-1-3-12(14)11-25-17-10-21-15(9-16(17)23)18(24)22-13-5-7-20-8-6-13/h1-10H,11H2,(H,21,23)(H,20,22,24). The Hall–Kier alpha value is -3.12. The molecule has 25 heavy (non-hydrogen) atoms. The summed E-state index contributed by atoms with van der Waals surface area (Å²) in [5.74, 6) is -0.318. The number of rotatable bonds is 5. The van der Waals surface area contributed by atoms with Gasteiger partial charge in [0.1, 0.15) is 12.3 Å². The number of carbonyl (C=O) groups is 1. The van der Waals surface area contributed by atoms with Gasteiger partial charge >= 0.3 is 0 Å². The van der Waals surface area contributed by atoms with Crippen LogP contribution >= 0.6 is 11.6 Å². The number of H-pyrrole nitrogens is 1. The zero-order valence-electron chi connectivity index (χ0n) is 13.0. The van der Waals surface area contributed by atoms with E-state index in [1.807, 2.05) is 18.2 Å². The smallest absolute Gasteiger partial charge is 0.272 e. The molecule has 0 saturated heterocycles. The summed E-state index contributed by atoms with van der Waals surface area (Å²) in [6, 6.07) is 11.7. The Morgan fingerprint density at radius 3 is 2.68 bits per heavy atom. The minimum absolute atomic E-state index is 0.111. The number of halogens is 1. The molecule has 0 spiro atoms. The third-order valence-corrected chi connectivity index (χ3v) is 3.77. The van der Waals surface area contributed by atoms with Crippen LogP contribution < -0.4 is 15.5 Å². The number of hydrogen-bond donors (Lipinski definition) is 2. The number of ether oxygens (including phenoxy) is 1. The van der Waals surface area contributed by atoms with E-state index < -0.39 is 11.3 Å². The number of pyridine rings is 2. The Morgan fingerprint density at radius 1 is 1.20 bits per heavy atom. The number of amides is 1. The summed E-state index contributed by atoms with van der Waals surface area (Å²) in [5.41, 5.74) is 1.08. The number of nitrogens with zero attached hydrogens (tertiary/aromatic N) is 1. The number of nitrogens with one attached hydrogen (secondary N) is 2. The van der Waals surface area contributed by atoms with Gasteiger partial charge in [0.15, 0.2) is 5.75 Å². The summed E-state index contributed by atoms with van der Waals surface area (Å²) < 4.78 is 5.49. The van der Waals surface area contributed by atoms with Crippen LogP contribution in [-0.4, -0.2) is 15.9 Å². The second kappa shape index (κ2) is 7.63. The van der Waals surface area contributed by atoms with E-state index in [-0.39, 0.29) is 18.1 Å². The van der Waals surface area contributed by atoms with Crippen molar-refractivity contribution in [2.75, 3.05) is 5.32 Å². The Bertz CT molecular complexity index is 942. The molecule has 7 heteroatoms. The Kier molecular flexibility index (Phi) is 5.11. The van der Waals surface area contributed by atoms with E-state index in [1.165, 1.54) is 12.3 Å². The first-order valence-electron chi connectivity index (χ1n) is 7.44. The predicted octanol–water partition coefficient (Wildman–Crippen LogP) is 3.25. The molecule has 6 nitrogen and oxygen atoms in total. The molecule has 3 aromatic rings. The summed E-state index contributed by atoms with van der Waals surface area (Å²) >= 11 is 6.05. The summed E-state index contributed by atoms with van der Waals surface area (Å²) in [7, 11) is 0. The molecule has 0 fully saturated rings. The highest BCUT2D eigenvalue weighted by molar-refractivity contribution is 6.31. The van der Waals surface area contributed by atoms with E-state index in [4.69, 9.17) is 16.3 Å². The molecular formula is C18H14ClN3O3. The van der Waals surface area contributed by atoms with Gasteiger partial charge in [0.2, 0.25) is 5.43 Å². The monoisotopic (exact) mass is 355 g/mol. The Labute approximate surface area is 148 Å². The van der Waals surface area contributed by atoms with E-state index in [2.05, 4.69) is 15.3 Å². The van der Waals surface area contributed by atoms with Crippen LogP contribution in [-0.2, 0) is 6.61 Å². The van der Waals surface area contributed by atoms with Crippen LogP contribution in [0, 0.1) is 0 Å². The van der Waals surface area contributed by atoms with Crippen LogP contribution in [0.4, 0.5) is 5.69 Å². The molecule has 2 heterocycles. The number of hydrogen-bond acceptors (Lipinski definition) is 4. The van der Waals surface area contributed by atoms with Gasteiger partial charge in [0, 0.05) is 40.9 Å². The average molecular weight is 356 g/mol. The first-order chi connectivity index (χ1) is 12.1. The number of aromatic amines is 1. The molecule has 1 amide bonds. The molecule has 0 aliphatic rings. The normalized spacial score (nSPS) is 10.3. The Balaban J connectivity index is 1.69. The molecule has 0 radical (unpaired) electrons. The molecule has 0 aliphatic carbocycles. The van der Waals surface area contributed by atoms with Gasteiger partial charge in [-0.05, 0) is 18.2 Å². The van der Waals surface area contributed by atoms with Gasteiger partial charge in [-0.1, -0.05) is 29.8 Å². The summed E-state index contributed by atoms with van der Waals surface area (Å²) in [5, 5.41) is 3.23. The molecule has 0 saturated carbocycles. The second-order valence-electron chi connectivity index (χ2n) is 5.15. The molecule has 0 bridgehead atoms. The summed E-state index contributed by atoms with van der Waals surface area (Å²) in [4.78, 5) is 30.9. The molecular weight excluding hydrogens is 342 g/mol. The second-order valence-corrected chi connectivity index (χ2v) is 5.55. The molecule has 0 aliphatic heterocycles. The molecule has 126 valence electrons. The van der Waals surface area contributed by atoms with E-state index >= 15 is 0 Å². The number of aromatic nitrogens is 2. The van der Waals surface area contributed by atoms with Gasteiger partial charge in [-0.25, -0.2) is 0 Å². The van der Waals surface area contributed by atoms with Crippen molar-refractivity contribution in [3.63, 3.8) is 0 Å². The predicted molar refractivity (Wildman–Crippen MR) is 95.0 cm³/mol. The molecule has 3 rings (SSSR count). The highest BCUT2D eigenvalue weighted by Crippen LogP contribution is 2.16. The minimum atomic E-state index is -0.430. The van der Waals surface area contributed by atoms with Crippen molar-refractivity contribution in [3.8, 4) is 5.75 Å². The van der Waals surface area contributed by atoms with Crippen LogP contribution in [0.3, 0.4) is 0 Å². The lowest BCUT2D eigenvalue weighted by Crippen LogP contribution is -2.17. The van der Waals surface area contributed by atoms with Gasteiger partial charge in [0.05, 0.1) is 0 Å². The first-order valence-corrected chi connectivity index (χ1v) is 7.81. The van der Waals surface area contributed by atoms with Crippen molar-refractivity contribution >= 4 is 23.2 Å². The van der Waals surface area contributed by atoms with Gasteiger partial charge in [-0.2, -0.15) is 0 Å². The molecule has 0 unspecified atom stereocenters. The van der Waals surface area contributed by atoms with Gasteiger partial charge in [-0.15, -0.1) is 0 Å². The van der Waals surface area contributed by atoms with E-state index in [0.717, 1.165) is 5.56 Å². The third kappa shape index (κ3) is 4.24. The maximum atomic E-state index is 12.1. The summed E-state index contributed by atoms with van der Waals surface area (Å²) in [6.07, 6.45) is 4.48. The number of carbonyl (C=O) groups excluding carboxylic acids is 1. The quantitative estimate of drug-likeness (QED) is 0.735. The van der Waals surface area contributed by atoms with E-state index in [1.54, 1.807) is 30.6 Å². The molecule has 0 atom stereocenters. The van der Waals surface area contributed by atoms with Crippen molar-refractivity contribution in [1.82, 2.24) is 9.97 Å². The molecule has 2 aromatic heterocycles. The van der Waals surface area contributed by atoms with Crippen molar-refractivity contribution in [1.29, 1.82) is 0 Å². The third-order valence-electron chi connectivity index (χ3n) is 3.40. The highest BCUT2D eigenvalue weighted by Gasteiger charge is 2.10. The van der Waals surface area contributed by atoms with Crippen LogP contribution in [0.1, 0.15) is 16.1 Å². The fourth-order valence-electron chi connectivity index (χ4n) is 2.11. The zero-order valence-corrected chi connectivity index (χ0v) is 13.8. The van der Waals surface area contributed by atoms with E-state index in [9.17, 15) is 9.59 Å². The maximum absolute atomic E-state index is 12.1. The SMILES string of the molecule is O=C(Nc1ccncc1)c1cc(=O)c(OCc2ccccc2Cl)c[nH]1. The lowest BCUT2D eigenvalue weighted by molar-refractivity contribution is 0.102. The average Bonchev–Trinajstić information content (AvgIpc) is 2.62. The maximum Gasteiger partial charge on any atom is 0.272 e. The largest absolute Gasteiger partial charge is 0.483 e. The topological polar surface area (TPSA) is 84.1 Å². The number of anilines is 1. The van der Waals surface area contributed by atoms with E-state index in [0.29, 0.717) is 10.7 Å². The fraction of sp³-hybridized carbons (Fsp3) is 0.0556. The molecule has 2 N–H and O–H groups in total. The van der Waals surface area contributed by atoms with Gasteiger partial charge < -0.3 is 15.0 Å². The first kappa shape index (κ1) is 16.7. The van der Waals surface area contributed by atoms with Crippen molar-refractivity contribution in [2.24, 2.45) is 0 Å². The lowest BCUT2D eigenvalue weighted by atomic mass is 10.2. The van der Waals surface area contributed by atoms with Crippen LogP contribution in [0.25, 0.3) is 0 Å². The van der Waals surface area contributed by atoms with Crippen LogP contribution in [0.2, 0.25) is 5.02 Å². The van der Waals surface area contributed by atoms with Gasteiger partial charge in [-0.3, -0.25) is 14.6 Å². The fourth-order valence-corrected chi connectivity index (χ4v) is 2.30. The zero-order chi connectivity index (χ0) is 17.6. The Morgan fingerprint density at radius 2 is 1.96 bits per heavy atom. The number of benzene rings is 1. The molecule has 1 aromatic carbocycles. The van der Waals surface area contributed by atoms with Crippen molar-refractivity contribution < 1.29 is 9.53 Å². The highest BCUT2D eigenvalue weighted by atomic mass is 35.5. The minimum Gasteiger partial charge on any atom is -0.483 e. The summed E-state index contributed by atoms with van der Waals surface area (Å²) in [6.45, 7) is 0.158. The van der Waals surface area contributed by atoms with Crippen molar-refractivity contribution in [2.45, 2.75) is 6.61 Å².